The predicted octanol–water partition coefficient (Wildman–Crippen LogP) is 9.97. The molecule has 0 saturated heterocycles. The number of hydrogen-bond donors (Lipinski definition) is 0. The predicted molar refractivity (Wildman–Crippen MR) is 230 cm³/mol. The maximum Gasteiger partial charge on any atom is 0.318 e. The number of benzene rings is 2. The van der Waals surface area contributed by atoms with E-state index in [-0.39, 0.29) is 6.61 Å². The number of hydrogen-bond acceptors (Lipinski definition) is 9. The molecular formula is C48H66N4O5. The highest BCUT2D eigenvalue weighted by atomic mass is 16.6. The van der Waals surface area contributed by atoms with Crippen LogP contribution < -0.4 is 0 Å². The van der Waals surface area contributed by atoms with Crippen molar-refractivity contribution >= 4 is 11.9 Å². The van der Waals surface area contributed by atoms with E-state index in [2.05, 4.69) is 96.4 Å². The van der Waals surface area contributed by atoms with Crippen LogP contribution in [0, 0.1) is 41.5 Å². The van der Waals surface area contributed by atoms with Gasteiger partial charge in [-0.3, -0.25) is 19.5 Å². The van der Waals surface area contributed by atoms with Gasteiger partial charge < -0.3 is 19.1 Å². The molecule has 0 saturated carbocycles. The third-order valence-electron chi connectivity index (χ3n) is 10.2. The first kappa shape index (κ1) is 45.3. The number of rotatable bonds is 22. The van der Waals surface area contributed by atoms with Crippen LogP contribution in [0.2, 0.25) is 0 Å². The van der Waals surface area contributed by atoms with Crippen molar-refractivity contribution in [2.75, 3.05) is 39.4 Å². The summed E-state index contributed by atoms with van der Waals surface area (Å²) in [6, 6.07) is 20.7. The summed E-state index contributed by atoms with van der Waals surface area (Å²) in [6.45, 7) is 25.4. The third kappa shape index (κ3) is 13.3. The molecule has 4 aromatic rings. The van der Waals surface area contributed by atoms with Gasteiger partial charge in [0, 0.05) is 30.8 Å². The van der Waals surface area contributed by atoms with Crippen LogP contribution in [0.1, 0.15) is 111 Å². The molecule has 0 bridgehead atoms. The van der Waals surface area contributed by atoms with Gasteiger partial charge in [0.05, 0.1) is 29.4 Å². The maximum absolute atomic E-state index is 13.3. The van der Waals surface area contributed by atoms with Crippen molar-refractivity contribution < 1.29 is 23.8 Å². The normalized spacial score (nSPS) is 12.6. The number of carbonyl (C=O) groups excluding carboxylic acids is 2. The average molecular weight is 779 g/mol. The molecular weight excluding hydrogens is 713 g/mol. The second kappa shape index (κ2) is 22.5. The molecule has 0 radical (unpaired) electrons. The van der Waals surface area contributed by atoms with Crippen LogP contribution in [-0.2, 0) is 30.3 Å². The number of ether oxygens (including phenoxy) is 3. The summed E-state index contributed by atoms with van der Waals surface area (Å²) in [4.78, 5) is 41.1. The summed E-state index contributed by atoms with van der Waals surface area (Å²) < 4.78 is 18.1. The molecule has 0 aliphatic heterocycles. The zero-order valence-corrected chi connectivity index (χ0v) is 36.2. The lowest BCUT2D eigenvalue weighted by Gasteiger charge is -2.30. The highest BCUT2D eigenvalue weighted by Gasteiger charge is 2.25. The van der Waals surface area contributed by atoms with E-state index in [9.17, 15) is 9.59 Å². The number of nitrogens with zero attached hydrogens (tertiary/aromatic N) is 4. The maximum atomic E-state index is 13.3. The minimum Gasteiger partial charge on any atom is -0.462 e. The van der Waals surface area contributed by atoms with Gasteiger partial charge in [0.15, 0.2) is 6.23 Å². The van der Waals surface area contributed by atoms with Crippen LogP contribution in [0.15, 0.2) is 60.7 Å². The summed E-state index contributed by atoms with van der Waals surface area (Å²) >= 11 is 0. The molecule has 0 fully saturated rings. The zero-order valence-electron chi connectivity index (χ0n) is 36.2. The van der Waals surface area contributed by atoms with Crippen molar-refractivity contribution in [2.45, 2.75) is 120 Å². The summed E-state index contributed by atoms with van der Waals surface area (Å²) in [5.74, 6) is -1.29. The largest absolute Gasteiger partial charge is 0.462 e. The first-order chi connectivity index (χ1) is 27.4. The Morgan fingerprint density at radius 2 is 1.21 bits per heavy atom. The van der Waals surface area contributed by atoms with E-state index in [1.807, 2.05) is 43.3 Å². The smallest absolute Gasteiger partial charge is 0.318 e. The summed E-state index contributed by atoms with van der Waals surface area (Å²) in [5, 5.41) is 0. The number of pyridine rings is 2. The van der Waals surface area contributed by atoms with E-state index in [0.717, 1.165) is 78.2 Å². The van der Waals surface area contributed by atoms with Crippen LogP contribution in [-0.4, -0.2) is 77.3 Å². The fraction of sp³-hybridized carbons (Fsp3) is 0.500. The Morgan fingerprint density at radius 3 is 1.75 bits per heavy atom. The van der Waals surface area contributed by atoms with Crippen LogP contribution in [0.3, 0.4) is 0 Å². The summed E-state index contributed by atoms with van der Waals surface area (Å²) in [6.07, 6.45) is 1.90. The van der Waals surface area contributed by atoms with Crippen molar-refractivity contribution in [3.63, 3.8) is 0 Å². The molecule has 2 atom stereocenters. The van der Waals surface area contributed by atoms with E-state index >= 15 is 0 Å². The van der Waals surface area contributed by atoms with Crippen molar-refractivity contribution in [1.82, 2.24) is 19.8 Å². The average Bonchev–Trinajstić information content (AvgIpc) is 3.14. The summed E-state index contributed by atoms with van der Waals surface area (Å²) in [5.41, 5.74) is 12.7. The van der Waals surface area contributed by atoms with Gasteiger partial charge in [-0.15, -0.1) is 0 Å². The summed E-state index contributed by atoms with van der Waals surface area (Å²) in [7, 11) is 0. The van der Waals surface area contributed by atoms with E-state index in [4.69, 9.17) is 24.2 Å². The Labute approximate surface area is 342 Å². The monoisotopic (exact) mass is 779 g/mol. The van der Waals surface area contributed by atoms with Crippen LogP contribution in [0.5, 0.6) is 0 Å². The number of aromatic nitrogens is 2. The fourth-order valence-electron chi connectivity index (χ4n) is 7.92. The molecule has 0 aliphatic rings. The van der Waals surface area contributed by atoms with Crippen molar-refractivity contribution in [2.24, 2.45) is 0 Å². The topological polar surface area (TPSA) is 94.1 Å². The highest BCUT2D eigenvalue weighted by molar-refractivity contribution is 5.91. The number of carbonyl (C=O) groups is 2. The number of aryl methyl sites for hydroxylation is 6. The molecule has 308 valence electrons. The molecule has 4 rings (SSSR count). The Kier molecular flexibility index (Phi) is 17.9. The fourth-order valence-corrected chi connectivity index (χ4v) is 7.92. The van der Waals surface area contributed by atoms with Gasteiger partial charge in [-0.2, -0.15) is 0 Å². The third-order valence-corrected chi connectivity index (χ3v) is 10.2. The lowest BCUT2D eigenvalue weighted by molar-refractivity contribution is -0.167. The molecule has 0 aliphatic carbocycles. The minimum atomic E-state index is -0.663. The first-order valence-corrected chi connectivity index (χ1v) is 20.9. The Hall–Kier alpha value is -4.44. The van der Waals surface area contributed by atoms with Crippen LogP contribution in [0.4, 0.5) is 0 Å². The van der Waals surface area contributed by atoms with Gasteiger partial charge in [0.1, 0.15) is 19.1 Å². The van der Waals surface area contributed by atoms with Crippen molar-refractivity contribution in [3.8, 4) is 22.5 Å². The molecule has 2 unspecified atom stereocenters. The van der Waals surface area contributed by atoms with Gasteiger partial charge in [-0.1, -0.05) is 75.2 Å². The van der Waals surface area contributed by atoms with E-state index in [0.29, 0.717) is 31.8 Å². The van der Waals surface area contributed by atoms with E-state index in [1.165, 1.54) is 22.3 Å². The van der Waals surface area contributed by atoms with Crippen molar-refractivity contribution in [3.05, 3.63) is 105 Å². The molecule has 0 amide bonds. The minimum absolute atomic E-state index is 0.0723. The second-order valence-electron chi connectivity index (χ2n) is 15.4. The molecule has 9 heteroatoms. The van der Waals surface area contributed by atoms with Crippen LogP contribution >= 0.6 is 0 Å². The van der Waals surface area contributed by atoms with E-state index in [1.54, 1.807) is 0 Å². The molecule has 0 spiro atoms. The zero-order chi connectivity index (χ0) is 41.5. The highest BCUT2D eigenvalue weighted by Crippen LogP contribution is 2.30. The SMILES string of the molecule is CCCN(CCC)CCOC(COC(=O)CC(=O)OC(CC)N(CCC)Cc1cccc(-c2c(C)cc(C)cc2C)n1)c1cccc(-c2c(C)cc(C)cc2C)n1. The van der Waals surface area contributed by atoms with E-state index < -0.39 is 30.7 Å². The number of esters is 2. The molecule has 2 heterocycles. The lowest BCUT2D eigenvalue weighted by Crippen LogP contribution is -2.39. The quantitative estimate of drug-likeness (QED) is 0.0439. The Morgan fingerprint density at radius 1 is 0.667 bits per heavy atom. The Bertz CT molecular complexity index is 1870. The molecule has 2 aromatic carbocycles. The Balaban J connectivity index is 1.44. The van der Waals surface area contributed by atoms with Crippen molar-refractivity contribution in [1.29, 1.82) is 0 Å². The lowest BCUT2D eigenvalue weighted by atomic mass is 9.97. The van der Waals surface area contributed by atoms with Gasteiger partial charge in [0.2, 0.25) is 0 Å². The van der Waals surface area contributed by atoms with Gasteiger partial charge >= 0.3 is 11.9 Å². The molecule has 0 N–H and O–H groups in total. The second-order valence-corrected chi connectivity index (χ2v) is 15.4. The first-order valence-electron chi connectivity index (χ1n) is 20.9. The van der Waals surface area contributed by atoms with Gasteiger partial charge in [0.25, 0.3) is 0 Å². The molecule has 57 heavy (non-hydrogen) atoms. The molecule has 9 nitrogen and oxygen atoms in total. The van der Waals surface area contributed by atoms with Crippen LogP contribution in [0.25, 0.3) is 22.5 Å². The standard InChI is InChI=1S/C48H66N4O5/c1-11-21-51(22-12-2)24-25-55-43(40-18-16-20-42(50-40)48-37(9)28-34(6)29-38(48)10)32-56-45(53)30-46(54)57-44(14-4)52(23-13-3)31-39-17-15-19-41(49-39)47-35(7)26-33(5)27-36(47)8/h15-20,26-29,43-44H,11-14,21-25,30-32H2,1-10H3. The van der Waals surface area contributed by atoms with Gasteiger partial charge in [-0.05, 0) is 127 Å². The molecule has 2 aromatic heterocycles. The van der Waals surface area contributed by atoms with Gasteiger partial charge in [-0.25, -0.2) is 4.98 Å².